The second-order valence-electron chi connectivity index (χ2n) is 7.22. The van der Waals surface area contributed by atoms with Crippen molar-refractivity contribution in [2.24, 2.45) is 4.99 Å². The van der Waals surface area contributed by atoms with Gasteiger partial charge in [-0.2, -0.15) is 0 Å². The second kappa shape index (κ2) is 11.0. The Labute approximate surface area is 178 Å². The lowest BCUT2D eigenvalue weighted by molar-refractivity contribution is 0.295. The van der Waals surface area contributed by atoms with Crippen molar-refractivity contribution in [3.63, 3.8) is 0 Å². The average Bonchev–Trinajstić information content (AvgIpc) is 3.19. The molecule has 1 heterocycles. The van der Waals surface area contributed by atoms with Crippen LogP contribution in [0.5, 0.6) is 11.5 Å². The van der Waals surface area contributed by atoms with E-state index < -0.39 is 0 Å². The molecule has 1 aromatic heterocycles. The number of aliphatic imine (C=N–C) groups is 1. The summed E-state index contributed by atoms with van der Waals surface area (Å²) in [7, 11) is 9.19. The van der Waals surface area contributed by atoms with Crippen LogP contribution in [-0.4, -0.2) is 57.8 Å². The number of methoxy groups -OCH3 is 2. The van der Waals surface area contributed by atoms with Crippen molar-refractivity contribution in [1.82, 2.24) is 20.5 Å². The van der Waals surface area contributed by atoms with Crippen LogP contribution in [0.3, 0.4) is 0 Å². The third-order valence-electron chi connectivity index (χ3n) is 4.67. The van der Waals surface area contributed by atoms with Gasteiger partial charge in [-0.05, 0) is 37.7 Å². The first kappa shape index (κ1) is 23.0. The minimum atomic E-state index is 0.140. The average molecular weight is 420 g/mol. The predicted molar refractivity (Wildman–Crippen MR) is 120 cm³/mol. The van der Waals surface area contributed by atoms with Crippen LogP contribution in [0.1, 0.15) is 42.1 Å². The first-order chi connectivity index (χ1) is 13.9. The Bertz CT molecular complexity index is 804. The van der Waals surface area contributed by atoms with Crippen molar-refractivity contribution in [2.45, 2.75) is 32.4 Å². The Hall–Kier alpha value is -2.32. The fourth-order valence-corrected chi connectivity index (χ4v) is 3.80. The van der Waals surface area contributed by atoms with Crippen molar-refractivity contribution < 1.29 is 9.47 Å². The number of likely N-dealkylation sites (N-methyl/N-ethyl adjacent to an activating group) is 1. The molecule has 0 spiro atoms. The number of hydrogen-bond acceptors (Lipinski definition) is 6. The number of rotatable bonds is 9. The first-order valence-corrected chi connectivity index (χ1v) is 10.5. The lowest BCUT2D eigenvalue weighted by Crippen LogP contribution is -2.41. The fourth-order valence-electron chi connectivity index (χ4n) is 2.90. The standard InChI is InChI=1S/C21H33N5O2S/c1-14(2)16-13-29-20(25-16)12-24-21(22-3)23-11-17(26(4)5)15-8-9-18(27-6)19(10-15)28-7/h8-10,13-14,17H,11-12H2,1-7H3,(H2,22,23,24). The normalized spacial score (nSPS) is 12.9. The minimum Gasteiger partial charge on any atom is -0.493 e. The molecule has 0 radical (unpaired) electrons. The third kappa shape index (κ3) is 6.33. The molecule has 29 heavy (non-hydrogen) atoms. The van der Waals surface area contributed by atoms with E-state index >= 15 is 0 Å². The third-order valence-corrected chi connectivity index (χ3v) is 5.54. The van der Waals surface area contributed by atoms with Gasteiger partial charge in [-0.15, -0.1) is 11.3 Å². The summed E-state index contributed by atoms with van der Waals surface area (Å²) in [5.41, 5.74) is 2.27. The van der Waals surface area contributed by atoms with Gasteiger partial charge in [0.2, 0.25) is 0 Å². The van der Waals surface area contributed by atoms with Crippen LogP contribution in [0.25, 0.3) is 0 Å². The Kier molecular flexibility index (Phi) is 8.72. The van der Waals surface area contributed by atoms with Crippen molar-refractivity contribution in [2.75, 3.05) is 41.9 Å². The van der Waals surface area contributed by atoms with Gasteiger partial charge >= 0.3 is 0 Å². The SMILES string of the molecule is CN=C(NCc1nc(C(C)C)cs1)NCC(c1ccc(OC)c(OC)c1)N(C)C. The molecule has 0 aliphatic carbocycles. The zero-order chi connectivity index (χ0) is 21.4. The van der Waals surface area contributed by atoms with Crippen LogP contribution in [0.2, 0.25) is 0 Å². The molecule has 7 nitrogen and oxygen atoms in total. The highest BCUT2D eigenvalue weighted by Crippen LogP contribution is 2.31. The summed E-state index contributed by atoms with van der Waals surface area (Å²) in [5.74, 6) is 2.64. The maximum Gasteiger partial charge on any atom is 0.191 e. The molecular formula is C21H33N5O2S. The zero-order valence-corrected chi connectivity index (χ0v) is 19.3. The maximum absolute atomic E-state index is 5.45. The number of benzene rings is 1. The van der Waals surface area contributed by atoms with Crippen molar-refractivity contribution >= 4 is 17.3 Å². The molecule has 0 aliphatic rings. The molecule has 1 atom stereocenters. The van der Waals surface area contributed by atoms with Crippen molar-refractivity contribution in [3.8, 4) is 11.5 Å². The lowest BCUT2D eigenvalue weighted by atomic mass is 10.1. The van der Waals surface area contributed by atoms with E-state index in [1.807, 2.05) is 12.1 Å². The van der Waals surface area contributed by atoms with Gasteiger partial charge < -0.3 is 25.0 Å². The number of thiazole rings is 1. The summed E-state index contributed by atoms with van der Waals surface area (Å²) in [6.45, 7) is 5.65. The molecule has 1 unspecified atom stereocenters. The highest BCUT2D eigenvalue weighted by molar-refractivity contribution is 7.09. The number of nitrogens with one attached hydrogen (secondary N) is 2. The van der Waals surface area contributed by atoms with E-state index in [2.05, 4.69) is 64.9 Å². The molecule has 2 N–H and O–H groups in total. The van der Waals surface area contributed by atoms with Gasteiger partial charge in [-0.3, -0.25) is 4.99 Å². The van der Waals surface area contributed by atoms with Crippen LogP contribution < -0.4 is 20.1 Å². The van der Waals surface area contributed by atoms with Gasteiger partial charge in [-0.25, -0.2) is 4.98 Å². The van der Waals surface area contributed by atoms with Gasteiger partial charge in [-0.1, -0.05) is 19.9 Å². The largest absolute Gasteiger partial charge is 0.493 e. The van der Waals surface area contributed by atoms with Crippen LogP contribution in [0.4, 0.5) is 0 Å². The molecule has 0 fully saturated rings. The molecule has 8 heteroatoms. The van der Waals surface area contributed by atoms with E-state index in [-0.39, 0.29) is 6.04 Å². The Morgan fingerprint density at radius 3 is 2.45 bits per heavy atom. The number of guanidine groups is 1. The monoisotopic (exact) mass is 419 g/mol. The second-order valence-corrected chi connectivity index (χ2v) is 8.16. The summed E-state index contributed by atoms with van der Waals surface area (Å²) in [4.78, 5) is 11.2. The molecular weight excluding hydrogens is 386 g/mol. The van der Waals surface area contributed by atoms with Gasteiger partial charge in [0, 0.05) is 19.0 Å². The smallest absolute Gasteiger partial charge is 0.191 e. The quantitative estimate of drug-likeness (QED) is 0.480. The molecule has 160 valence electrons. The topological polar surface area (TPSA) is 71.0 Å². The number of hydrogen-bond donors (Lipinski definition) is 2. The van der Waals surface area contributed by atoms with Crippen LogP contribution in [-0.2, 0) is 6.54 Å². The van der Waals surface area contributed by atoms with E-state index in [0.717, 1.165) is 33.7 Å². The van der Waals surface area contributed by atoms with Crippen molar-refractivity contribution in [1.29, 1.82) is 0 Å². The highest BCUT2D eigenvalue weighted by atomic mass is 32.1. The number of ether oxygens (including phenoxy) is 2. The van der Waals surface area contributed by atoms with Crippen molar-refractivity contribution in [3.05, 3.63) is 39.8 Å². The molecule has 0 saturated carbocycles. The van der Waals surface area contributed by atoms with E-state index in [9.17, 15) is 0 Å². The molecule has 0 aliphatic heterocycles. The highest BCUT2D eigenvalue weighted by Gasteiger charge is 2.17. The molecule has 0 bridgehead atoms. The summed E-state index contributed by atoms with van der Waals surface area (Å²) in [5, 5.41) is 9.94. The van der Waals surface area contributed by atoms with Gasteiger partial charge in [0.15, 0.2) is 17.5 Å². The minimum absolute atomic E-state index is 0.140. The molecule has 2 aromatic rings. The van der Waals surface area contributed by atoms with Gasteiger partial charge in [0.05, 0.1) is 32.5 Å². The van der Waals surface area contributed by atoms with E-state index in [0.29, 0.717) is 19.0 Å². The summed E-state index contributed by atoms with van der Waals surface area (Å²) >= 11 is 1.67. The van der Waals surface area contributed by atoms with E-state index in [1.165, 1.54) is 0 Å². The summed E-state index contributed by atoms with van der Waals surface area (Å²) < 4.78 is 10.8. The number of nitrogens with zero attached hydrogens (tertiary/aromatic N) is 3. The molecule has 1 aromatic carbocycles. The fraction of sp³-hybridized carbons (Fsp3) is 0.524. The predicted octanol–water partition coefficient (Wildman–Crippen LogP) is 3.25. The van der Waals surface area contributed by atoms with E-state index in [4.69, 9.17) is 9.47 Å². The van der Waals surface area contributed by atoms with Gasteiger partial charge in [0.25, 0.3) is 0 Å². The summed E-state index contributed by atoms with van der Waals surface area (Å²) in [6.07, 6.45) is 0. The Morgan fingerprint density at radius 1 is 1.17 bits per heavy atom. The summed E-state index contributed by atoms with van der Waals surface area (Å²) in [6, 6.07) is 6.16. The number of aromatic nitrogens is 1. The van der Waals surface area contributed by atoms with Crippen LogP contribution in [0, 0.1) is 0 Å². The lowest BCUT2D eigenvalue weighted by Gasteiger charge is -2.26. The van der Waals surface area contributed by atoms with E-state index in [1.54, 1.807) is 32.6 Å². The molecule has 2 rings (SSSR count). The van der Waals surface area contributed by atoms with Gasteiger partial charge in [0.1, 0.15) is 5.01 Å². The maximum atomic E-state index is 5.45. The Balaban J connectivity index is 2.00. The Morgan fingerprint density at radius 2 is 1.90 bits per heavy atom. The zero-order valence-electron chi connectivity index (χ0n) is 18.4. The van der Waals surface area contributed by atoms with Crippen LogP contribution >= 0.6 is 11.3 Å². The first-order valence-electron chi connectivity index (χ1n) is 9.66. The molecule has 0 amide bonds. The van der Waals surface area contributed by atoms with Crippen LogP contribution in [0.15, 0.2) is 28.6 Å². The molecule has 0 saturated heterocycles.